The van der Waals surface area contributed by atoms with E-state index in [-0.39, 0.29) is 12.5 Å². The lowest BCUT2D eigenvalue weighted by molar-refractivity contribution is -0.120. The Morgan fingerprint density at radius 3 is 3.00 bits per heavy atom. The summed E-state index contributed by atoms with van der Waals surface area (Å²) >= 11 is 0. The number of hydrogen-bond donors (Lipinski definition) is 1. The number of ether oxygens (including phenoxy) is 1. The van der Waals surface area contributed by atoms with Gasteiger partial charge in [0.1, 0.15) is 5.75 Å². The lowest BCUT2D eigenvalue weighted by Crippen LogP contribution is -2.35. The molecule has 4 nitrogen and oxygen atoms in total. The summed E-state index contributed by atoms with van der Waals surface area (Å²) in [4.78, 5) is 13.2. The first kappa shape index (κ1) is 11.9. The summed E-state index contributed by atoms with van der Waals surface area (Å²) < 4.78 is 5.39. The number of rotatable bonds is 3. The van der Waals surface area contributed by atoms with Crippen LogP contribution in [0.4, 0.5) is 5.69 Å². The number of likely N-dealkylation sites (N-methyl/N-ethyl adjacent to an activating group) is 2. The van der Waals surface area contributed by atoms with E-state index in [1.54, 1.807) is 11.9 Å². The molecule has 0 bridgehead atoms. The van der Waals surface area contributed by atoms with Crippen LogP contribution >= 0.6 is 0 Å². The highest BCUT2D eigenvalue weighted by Gasteiger charge is 2.22. The van der Waals surface area contributed by atoms with Crippen molar-refractivity contribution in [2.45, 2.75) is 19.4 Å². The van der Waals surface area contributed by atoms with E-state index >= 15 is 0 Å². The molecular weight excluding hydrogens is 216 g/mol. The summed E-state index contributed by atoms with van der Waals surface area (Å²) in [5, 5.41) is 3.20. The minimum absolute atomic E-state index is 0.00341. The standard InChI is InChI=1S/C13H18N2O2/c1-9(14-2)6-10-4-5-12-11(7-10)15(3)13(16)8-17-12/h4-5,7,9,14H,6,8H2,1-3H3. The number of hydrogen-bond acceptors (Lipinski definition) is 3. The molecule has 4 heteroatoms. The molecule has 1 aromatic carbocycles. The normalized spacial score (nSPS) is 16.4. The Morgan fingerprint density at radius 1 is 1.53 bits per heavy atom. The second kappa shape index (κ2) is 4.75. The first-order valence-electron chi connectivity index (χ1n) is 5.81. The number of fused-ring (bicyclic) bond motifs is 1. The number of carbonyl (C=O) groups is 1. The Bertz CT molecular complexity index is 431. The second-order valence-electron chi connectivity index (χ2n) is 4.44. The predicted octanol–water partition coefficient (Wildman–Crippen LogP) is 1.19. The molecule has 17 heavy (non-hydrogen) atoms. The fourth-order valence-electron chi connectivity index (χ4n) is 1.90. The van der Waals surface area contributed by atoms with Gasteiger partial charge in [-0.1, -0.05) is 6.07 Å². The fourth-order valence-corrected chi connectivity index (χ4v) is 1.90. The fraction of sp³-hybridized carbons (Fsp3) is 0.462. The Labute approximate surface area is 102 Å². The maximum Gasteiger partial charge on any atom is 0.264 e. The second-order valence-corrected chi connectivity index (χ2v) is 4.44. The maximum absolute atomic E-state index is 11.5. The van der Waals surface area contributed by atoms with Crippen LogP contribution in [-0.2, 0) is 11.2 Å². The van der Waals surface area contributed by atoms with Crippen LogP contribution in [0.15, 0.2) is 18.2 Å². The number of anilines is 1. The highest BCUT2D eigenvalue weighted by molar-refractivity contribution is 5.97. The van der Waals surface area contributed by atoms with Crippen LogP contribution in [0.25, 0.3) is 0 Å². The predicted molar refractivity (Wildman–Crippen MR) is 67.6 cm³/mol. The third kappa shape index (κ3) is 2.42. The van der Waals surface area contributed by atoms with Crippen molar-refractivity contribution in [3.05, 3.63) is 23.8 Å². The highest BCUT2D eigenvalue weighted by atomic mass is 16.5. The van der Waals surface area contributed by atoms with E-state index in [0.717, 1.165) is 17.9 Å². The Kier molecular flexibility index (Phi) is 3.33. The van der Waals surface area contributed by atoms with Crippen LogP contribution in [0.3, 0.4) is 0 Å². The van der Waals surface area contributed by atoms with Gasteiger partial charge < -0.3 is 15.0 Å². The van der Waals surface area contributed by atoms with Crippen LogP contribution in [0.2, 0.25) is 0 Å². The molecular formula is C13H18N2O2. The van der Waals surface area contributed by atoms with E-state index in [9.17, 15) is 4.79 Å². The van der Waals surface area contributed by atoms with Gasteiger partial charge in [-0.15, -0.1) is 0 Å². The summed E-state index contributed by atoms with van der Waals surface area (Å²) in [7, 11) is 3.73. The van der Waals surface area contributed by atoms with Crippen LogP contribution in [0.1, 0.15) is 12.5 Å². The third-order valence-electron chi connectivity index (χ3n) is 3.14. The first-order chi connectivity index (χ1) is 8.11. The van der Waals surface area contributed by atoms with E-state index in [2.05, 4.69) is 18.3 Å². The van der Waals surface area contributed by atoms with Gasteiger partial charge in [-0.2, -0.15) is 0 Å². The van der Waals surface area contributed by atoms with E-state index in [1.165, 1.54) is 5.56 Å². The molecule has 1 heterocycles. The molecule has 0 aromatic heterocycles. The van der Waals surface area contributed by atoms with Crippen molar-refractivity contribution in [1.29, 1.82) is 0 Å². The van der Waals surface area contributed by atoms with Gasteiger partial charge in [0.25, 0.3) is 5.91 Å². The van der Waals surface area contributed by atoms with Crippen molar-refractivity contribution in [3.8, 4) is 5.75 Å². The molecule has 1 aliphatic heterocycles. The highest BCUT2D eigenvalue weighted by Crippen LogP contribution is 2.32. The molecule has 0 saturated heterocycles. The molecule has 0 fully saturated rings. The summed E-state index contributed by atoms with van der Waals surface area (Å²) in [5.41, 5.74) is 2.07. The van der Waals surface area contributed by atoms with Crippen molar-refractivity contribution in [2.75, 3.05) is 25.6 Å². The number of amides is 1. The lowest BCUT2D eigenvalue weighted by Gasteiger charge is -2.26. The molecule has 1 amide bonds. The van der Waals surface area contributed by atoms with E-state index in [0.29, 0.717) is 6.04 Å². The molecule has 2 rings (SSSR count). The number of benzene rings is 1. The monoisotopic (exact) mass is 234 g/mol. The van der Waals surface area contributed by atoms with Crippen molar-refractivity contribution in [3.63, 3.8) is 0 Å². The van der Waals surface area contributed by atoms with Crippen LogP contribution in [0.5, 0.6) is 5.75 Å². The van der Waals surface area contributed by atoms with Gasteiger partial charge in [-0.25, -0.2) is 0 Å². The number of carbonyl (C=O) groups excluding carboxylic acids is 1. The molecule has 1 aromatic rings. The van der Waals surface area contributed by atoms with Gasteiger partial charge in [-0.05, 0) is 38.1 Å². The van der Waals surface area contributed by atoms with Crippen LogP contribution < -0.4 is 15.0 Å². The molecule has 1 aliphatic rings. The molecule has 0 saturated carbocycles. The van der Waals surface area contributed by atoms with E-state index in [1.807, 2.05) is 19.2 Å². The van der Waals surface area contributed by atoms with Gasteiger partial charge in [0.05, 0.1) is 5.69 Å². The van der Waals surface area contributed by atoms with Crippen molar-refractivity contribution < 1.29 is 9.53 Å². The van der Waals surface area contributed by atoms with Crippen LogP contribution in [-0.4, -0.2) is 32.7 Å². The van der Waals surface area contributed by atoms with Gasteiger partial charge in [0.15, 0.2) is 6.61 Å². The lowest BCUT2D eigenvalue weighted by atomic mass is 10.1. The zero-order valence-electron chi connectivity index (χ0n) is 10.5. The van der Waals surface area contributed by atoms with Gasteiger partial charge in [-0.3, -0.25) is 4.79 Å². The molecule has 0 aliphatic carbocycles. The van der Waals surface area contributed by atoms with E-state index < -0.39 is 0 Å². The zero-order chi connectivity index (χ0) is 12.4. The molecule has 1 N–H and O–H groups in total. The van der Waals surface area contributed by atoms with Crippen molar-refractivity contribution >= 4 is 11.6 Å². The number of nitrogens with one attached hydrogen (secondary N) is 1. The average molecular weight is 234 g/mol. The molecule has 1 atom stereocenters. The van der Waals surface area contributed by atoms with Gasteiger partial charge >= 0.3 is 0 Å². The quantitative estimate of drug-likeness (QED) is 0.854. The summed E-state index contributed by atoms with van der Waals surface area (Å²) in [5.74, 6) is 0.782. The minimum Gasteiger partial charge on any atom is -0.482 e. The minimum atomic E-state index is -0.00341. The molecule has 0 radical (unpaired) electrons. The summed E-state index contributed by atoms with van der Waals surface area (Å²) in [6, 6.07) is 6.44. The summed E-state index contributed by atoms with van der Waals surface area (Å²) in [6.07, 6.45) is 0.936. The average Bonchev–Trinajstić information content (AvgIpc) is 2.34. The SMILES string of the molecule is CNC(C)Cc1ccc2c(c1)N(C)C(=O)CO2. The van der Waals surface area contributed by atoms with Gasteiger partial charge in [0.2, 0.25) is 0 Å². The summed E-state index contributed by atoms with van der Waals surface area (Å²) in [6.45, 7) is 2.26. The Hall–Kier alpha value is -1.55. The zero-order valence-corrected chi connectivity index (χ0v) is 10.5. The van der Waals surface area contributed by atoms with Crippen molar-refractivity contribution in [1.82, 2.24) is 5.32 Å². The Balaban J connectivity index is 2.26. The van der Waals surface area contributed by atoms with E-state index in [4.69, 9.17) is 4.74 Å². The largest absolute Gasteiger partial charge is 0.482 e. The molecule has 1 unspecified atom stereocenters. The topological polar surface area (TPSA) is 41.6 Å². The van der Waals surface area contributed by atoms with Crippen molar-refractivity contribution in [2.24, 2.45) is 0 Å². The third-order valence-corrected chi connectivity index (χ3v) is 3.14. The van der Waals surface area contributed by atoms with Gasteiger partial charge in [0, 0.05) is 13.1 Å². The van der Waals surface area contributed by atoms with Crippen LogP contribution in [0, 0.1) is 0 Å². The first-order valence-corrected chi connectivity index (χ1v) is 5.81. The number of nitrogens with zero attached hydrogens (tertiary/aromatic N) is 1. The smallest absolute Gasteiger partial charge is 0.264 e. The maximum atomic E-state index is 11.5. The molecule has 0 spiro atoms. The Morgan fingerprint density at radius 2 is 2.29 bits per heavy atom. The molecule has 92 valence electrons.